The molecule has 18 heavy (non-hydrogen) atoms. The summed E-state index contributed by atoms with van der Waals surface area (Å²) in [4.78, 5) is 23.9. The van der Waals surface area contributed by atoms with Crippen LogP contribution in [0.4, 0.5) is 16.2 Å². The molecule has 1 aromatic carbocycles. The molecule has 1 heterocycles. The first-order chi connectivity index (χ1) is 8.58. The number of hydrogen-bond donors (Lipinski definition) is 1. The van der Waals surface area contributed by atoms with Crippen LogP contribution < -0.4 is 5.32 Å². The van der Waals surface area contributed by atoms with Gasteiger partial charge < -0.3 is 10.2 Å². The smallest absolute Gasteiger partial charge is 0.321 e. The number of hydrogen-bond acceptors (Lipinski definition) is 3. The summed E-state index contributed by atoms with van der Waals surface area (Å²) in [7, 11) is 0. The van der Waals surface area contributed by atoms with Crippen molar-refractivity contribution in [3.63, 3.8) is 0 Å². The second-order valence-corrected chi connectivity index (χ2v) is 4.38. The van der Waals surface area contributed by atoms with Crippen LogP contribution in [0.3, 0.4) is 0 Å². The number of anilines is 1. The van der Waals surface area contributed by atoms with E-state index in [0.717, 1.165) is 25.9 Å². The normalized spacial score (nSPS) is 14.6. The van der Waals surface area contributed by atoms with Crippen LogP contribution in [0.1, 0.15) is 18.4 Å². The number of likely N-dealkylation sites (tertiary alicyclic amines) is 1. The molecule has 1 N–H and O–H groups in total. The number of nitro groups is 1. The minimum Gasteiger partial charge on any atom is -0.325 e. The maximum absolute atomic E-state index is 11.8. The maximum Gasteiger partial charge on any atom is 0.321 e. The maximum atomic E-state index is 11.8. The highest BCUT2D eigenvalue weighted by Crippen LogP contribution is 2.22. The van der Waals surface area contributed by atoms with Gasteiger partial charge in [0, 0.05) is 30.4 Å². The van der Waals surface area contributed by atoms with Gasteiger partial charge in [-0.2, -0.15) is 0 Å². The number of aryl methyl sites for hydroxylation is 1. The average molecular weight is 249 g/mol. The Hall–Kier alpha value is -2.11. The second kappa shape index (κ2) is 5.03. The predicted octanol–water partition coefficient (Wildman–Crippen LogP) is 2.53. The van der Waals surface area contributed by atoms with Crippen molar-refractivity contribution in [2.24, 2.45) is 0 Å². The molecule has 6 heteroatoms. The summed E-state index contributed by atoms with van der Waals surface area (Å²) >= 11 is 0. The van der Waals surface area contributed by atoms with Crippen LogP contribution >= 0.6 is 0 Å². The van der Waals surface area contributed by atoms with E-state index >= 15 is 0 Å². The Balaban J connectivity index is 2.11. The summed E-state index contributed by atoms with van der Waals surface area (Å²) in [5, 5.41) is 13.5. The lowest BCUT2D eigenvalue weighted by Gasteiger charge is -2.16. The molecule has 1 aliphatic rings. The molecule has 1 fully saturated rings. The van der Waals surface area contributed by atoms with Gasteiger partial charge in [-0.3, -0.25) is 10.1 Å². The van der Waals surface area contributed by atoms with E-state index in [2.05, 4.69) is 5.32 Å². The fraction of sp³-hybridized carbons (Fsp3) is 0.417. The third-order valence-corrected chi connectivity index (χ3v) is 3.05. The van der Waals surface area contributed by atoms with Gasteiger partial charge in [-0.15, -0.1) is 0 Å². The Labute approximate surface area is 105 Å². The quantitative estimate of drug-likeness (QED) is 0.646. The first-order valence-corrected chi connectivity index (χ1v) is 5.89. The Bertz CT molecular complexity index is 481. The van der Waals surface area contributed by atoms with Crippen LogP contribution in [0.2, 0.25) is 0 Å². The predicted molar refractivity (Wildman–Crippen MR) is 67.7 cm³/mol. The molecule has 1 saturated heterocycles. The number of urea groups is 1. The number of carbonyl (C=O) groups is 1. The average Bonchev–Trinajstić information content (AvgIpc) is 2.85. The fourth-order valence-corrected chi connectivity index (χ4v) is 2.01. The highest BCUT2D eigenvalue weighted by atomic mass is 16.6. The number of benzene rings is 1. The molecule has 0 saturated carbocycles. The third-order valence-electron chi connectivity index (χ3n) is 3.05. The summed E-state index contributed by atoms with van der Waals surface area (Å²) in [6.45, 7) is 3.17. The molecule has 0 radical (unpaired) electrons. The zero-order valence-corrected chi connectivity index (χ0v) is 10.2. The van der Waals surface area contributed by atoms with Crippen molar-refractivity contribution in [2.75, 3.05) is 18.4 Å². The molecular weight excluding hydrogens is 234 g/mol. The molecular formula is C12H15N3O3. The van der Waals surface area contributed by atoms with E-state index in [4.69, 9.17) is 0 Å². The van der Waals surface area contributed by atoms with Crippen molar-refractivity contribution in [3.8, 4) is 0 Å². The molecule has 2 amide bonds. The fourth-order valence-electron chi connectivity index (χ4n) is 2.01. The Morgan fingerprint density at radius 3 is 2.67 bits per heavy atom. The number of carbonyl (C=O) groups excluding carboxylic acids is 1. The lowest BCUT2D eigenvalue weighted by Crippen LogP contribution is -2.32. The van der Waals surface area contributed by atoms with Gasteiger partial charge >= 0.3 is 6.03 Å². The molecule has 0 unspecified atom stereocenters. The number of amides is 2. The van der Waals surface area contributed by atoms with E-state index in [1.165, 1.54) is 6.07 Å². The van der Waals surface area contributed by atoms with Crippen LogP contribution in [0.15, 0.2) is 18.2 Å². The van der Waals surface area contributed by atoms with E-state index < -0.39 is 4.92 Å². The van der Waals surface area contributed by atoms with Crippen molar-refractivity contribution in [1.82, 2.24) is 4.90 Å². The SMILES string of the molecule is Cc1ccc(NC(=O)N2CCCC2)cc1[N+](=O)[O-]. The van der Waals surface area contributed by atoms with Crippen molar-refractivity contribution in [2.45, 2.75) is 19.8 Å². The monoisotopic (exact) mass is 249 g/mol. The number of nitrogens with one attached hydrogen (secondary N) is 1. The third kappa shape index (κ3) is 2.58. The van der Waals surface area contributed by atoms with Gasteiger partial charge in [0.15, 0.2) is 0 Å². The van der Waals surface area contributed by atoms with Crippen LogP contribution in [-0.2, 0) is 0 Å². The van der Waals surface area contributed by atoms with E-state index in [1.807, 2.05) is 0 Å². The molecule has 1 aliphatic heterocycles. The molecule has 2 rings (SSSR count). The first kappa shape index (κ1) is 12.3. The largest absolute Gasteiger partial charge is 0.325 e. The lowest BCUT2D eigenvalue weighted by molar-refractivity contribution is -0.385. The Morgan fingerprint density at radius 1 is 1.39 bits per heavy atom. The van der Waals surface area contributed by atoms with Gasteiger partial charge in [0.1, 0.15) is 0 Å². The van der Waals surface area contributed by atoms with Gasteiger partial charge in [0.25, 0.3) is 5.69 Å². The van der Waals surface area contributed by atoms with Crippen molar-refractivity contribution in [1.29, 1.82) is 0 Å². The van der Waals surface area contributed by atoms with Crippen molar-refractivity contribution in [3.05, 3.63) is 33.9 Å². The zero-order chi connectivity index (χ0) is 13.1. The molecule has 0 bridgehead atoms. The van der Waals surface area contributed by atoms with Gasteiger partial charge in [-0.05, 0) is 25.8 Å². The number of nitro benzene ring substituents is 1. The first-order valence-electron chi connectivity index (χ1n) is 5.89. The van der Waals surface area contributed by atoms with E-state index in [1.54, 1.807) is 24.0 Å². The summed E-state index contributed by atoms with van der Waals surface area (Å²) in [6, 6.07) is 4.52. The molecule has 0 atom stereocenters. The summed E-state index contributed by atoms with van der Waals surface area (Å²) < 4.78 is 0. The molecule has 6 nitrogen and oxygen atoms in total. The molecule has 96 valence electrons. The number of rotatable bonds is 2. The van der Waals surface area contributed by atoms with Gasteiger partial charge in [-0.25, -0.2) is 4.79 Å². The van der Waals surface area contributed by atoms with Gasteiger partial charge in [-0.1, -0.05) is 6.07 Å². The zero-order valence-electron chi connectivity index (χ0n) is 10.2. The van der Waals surface area contributed by atoms with E-state index in [0.29, 0.717) is 11.3 Å². The summed E-state index contributed by atoms with van der Waals surface area (Å²) in [5.41, 5.74) is 1.07. The highest BCUT2D eigenvalue weighted by Gasteiger charge is 2.19. The lowest BCUT2D eigenvalue weighted by atomic mass is 10.2. The summed E-state index contributed by atoms with van der Waals surface area (Å²) in [5.74, 6) is 0. The van der Waals surface area contributed by atoms with Crippen LogP contribution in [0.5, 0.6) is 0 Å². The molecule has 0 aliphatic carbocycles. The Morgan fingerprint density at radius 2 is 2.06 bits per heavy atom. The van der Waals surface area contributed by atoms with Crippen LogP contribution in [-0.4, -0.2) is 28.9 Å². The van der Waals surface area contributed by atoms with Crippen LogP contribution in [0, 0.1) is 17.0 Å². The van der Waals surface area contributed by atoms with E-state index in [9.17, 15) is 14.9 Å². The van der Waals surface area contributed by atoms with Crippen LogP contribution in [0.25, 0.3) is 0 Å². The second-order valence-electron chi connectivity index (χ2n) is 4.38. The minimum absolute atomic E-state index is 0.0224. The minimum atomic E-state index is -0.444. The highest BCUT2D eigenvalue weighted by molar-refractivity contribution is 5.89. The molecule has 0 spiro atoms. The molecule has 1 aromatic rings. The topological polar surface area (TPSA) is 75.5 Å². The molecule has 0 aromatic heterocycles. The summed E-state index contributed by atoms with van der Waals surface area (Å²) in [6.07, 6.45) is 2.03. The van der Waals surface area contributed by atoms with Gasteiger partial charge in [0.05, 0.1) is 4.92 Å². The van der Waals surface area contributed by atoms with Crippen molar-refractivity contribution >= 4 is 17.4 Å². The Kier molecular flexibility index (Phi) is 3.45. The van der Waals surface area contributed by atoms with Gasteiger partial charge in [0.2, 0.25) is 0 Å². The van der Waals surface area contributed by atoms with E-state index in [-0.39, 0.29) is 11.7 Å². The number of nitrogens with zero attached hydrogens (tertiary/aromatic N) is 2. The standard InChI is InChI=1S/C12H15N3O3/c1-9-4-5-10(8-11(9)15(17)18)13-12(16)14-6-2-3-7-14/h4-5,8H,2-3,6-7H2,1H3,(H,13,16). The van der Waals surface area contributed by atoms with Crippen molar-refractivity contribution < 1.29 is 9.72 Å².